The number of methoxy groups -OCH3 is 1. The molecule has 4 nitrogen and oxygen atoms in total. The molecular weight excluding hydrogens is 170 g/mol. The number of hydrogen-bond acceptors (Lipinski definition) is 4. The quantitative estimate of drug-likeness (QED) is 0.586. The van der Waals surface area contributed by atoms with E-state index >= 15 is 0 Å². The third-order valence-corrected chi connectivity index (χ3v) is 2.34. The van der Waals surface area contributed by atoms with Crippen molar-refractivity contribution in [3.63, 3.8) is 0 Å². The number of aliphatic hydroxyl groups is 1. The van der Waals surface area contributed by atoms with Crippen LogP contribution in [0.2, 0.25) is 0 Å². The highest BCUT2D eigenvalue weighted by molar-refractivity contribution is 4.83. The summed E-state index contributed by atoms with van der Waals surface area (Å²) < 4.78 is 10.2. The first-order valence-corrected chi connectivity index (χ1v) is 4.77. The first-order chi connectivity index (χ1) is 6.27. The maximum Gasteiger partial charge on any atom is 0.0904 e. The van der Waals surface area contributed by atoms with E-state index in [1.807, 2.05) is 0 Å². The van der Waals surface area contributed by atoms with Crippen LogP contribution in [0.25, 0.3) is 0 Å². The first-order valence-electron chi connectivity index (χ1n) is 4.77. The van der Waals surface area contributed by atoms with E-state index in [9.17, 15) is 5.11 Å². The van der Waals surface area contributed by atoms with Crippen LogP contribution >= 0.6 is 0 Å². The summed E-state index contributed by atoms with van der Waals surface area (Å²) in [5, 5.41) is 13.2. The van der Waals surface area contributed by atoms with Crippen LogP contribution in [0.1, 0.15) is 12.8 Å². The van der Waals surface area contributed by atoms with Crippen LogP contribution in [-0.2, 0) is 9.47 Å². The minimum Gasteiger partial charge on any atom is -0.387 e. The van der Waals surface area contributed by atoms with Crippen molar-refractivity contribution >= 4 is 0 Å². The van der Waals surface area contributed by atoms with Crippen molar-refractivity contribution in [1.82, 2.24) is 5.32 Å². The average Bonchev–Trinajstić information content (AvgIpc) is 2.14. The standard InChI is InChI=1S/C9H19NO3/c1-12-6-7-13-8-9(11)2-4-10-5-3-9/h10-11H,2-8H2,1H3. The number of ether oxygens (including phenoxy) is 2. The molecule has 1 rings (SSSR count). The highest BCUT2D eigenvalue weighted by Crippen LogP contribution is 2.17. The number of rotatable bonds is 5. The van der Waals surface area contributed by atoms with Crippen molar-refractivity contribution in [3.8, 4) is 0 Å². The van der Waals surface area contributed by atoms with E-state index in [0.29, 0.717) is 19.8 Å². The number of hydrogen-bond donors (Lipinski definition) is 2. The van der Waals surface area contributed by atoms with Crippen LogP contribution in [0, 0.1) is 0 Å². The highest BCUT2D eigenvalue weighted by Gasteiger charge is 2.28. The molecule has 0 amide bonds. The predicted octanol–water partition coefficient (Wildman–Crippen LogP) is -0.236. The van der Waals surface area contributed by atoms with Crippen LogP contribution in [0.3, 0.4) is 0 Å². The number of piperidine rings is 1. The Morgan fingerprint density at radius 2 is 2.00 bits per heavy atom. The second-order valence-corrected chi connectivity index (χ2v) is 3.52. The van der Waals surface area contributed by atoms with Gasteiger partial charge in [-0.15, -0.1) is 0 Å². The molecule has 78 valence electrons. The van der Waals surface area contributed by atoms with Crippen molar-refractivity contribution in [1.29, 1.82) is 0 Å². The van der Waals surface area contributed by atoms with E-state index < -0.39 is 5.60 Å². The molecule has 0 aromatic rings. The van der Waals surface area contributed by atoms with Crippen molar-refractivity contribution in [3.05, 3.63) is 0 Å². The molecule has 1 aliphatic rings. The highest BCUT2D eigenvalue weighted by atomic mass is 16.5. The van der Waals surface area contributed by atoms with Crippen LogP contribution < -0.4 is 5.32 Å². The van der Waals surface area contributed by atoms with Gasteiger partial charge in [0, 0.05) is 7.11 Å². The molecule has 0 atom stereocenters. The summed E-state index contributed by atoms with van der Waals surface area (Å²) in [4.78, 5) is 0. The van der Waals surface area contributed by atoms with Gasteiger partial charge in [0.1, 0.15) is 0 Å². The smallest absolute Gasteiger partial charge is 0.0904 e. The zero-order valence-corrected chi connectivity index (χ0v) is 8.21. The Hall–Kier alpha value is -0.160. The van der Waals surface area contributed by atoms with E-state index in [4.69, 9.17) is 9.47 Å². The van der Waals surface area contributed by atoms with E-state index in [1.165, 1.54) is 0 Å². The Bertz CT molecular complexity index is 135. The Labute approximate surface area is 79.2 Å². The lowest BCUT2D eigenvalue weighted by atomic mass is 9.94. The zero-order valence-electron chi connectivity index (χ0n) is 8.21. The molecule has 2 N–H and O–H groups in total. The molecule has 0 bridgehead atoms. The minimum absolute atomic E-state index is 0.429. The molecule has 1 aliphatic heterocycles. The fraction of sp³-hybridized carbons (Fsp3) is 1.00. The van der Waals surface area contributed by atoms with E-state index in [2.05, 4.69) is 5.32 Å². The van der Waals surface area contributed by atoms with Gasteiger partial charge >= 0.3 is 0 Å². The summed E-state index contributed by atoms with van der Waals surface area (Å²) in [5.41, 5.74) is -0.612. The van der Waals surface area contributed by atoms with Crippen LogP contribution in [-0.4, -0.2) is 50.7 Å². The van der Waals surface area contributed by atoms with Gasteiger partial charge < -0.3 is 19.9 Å². The predicted molar refractivity (Wildman–Crippen MR) is 49.7 cm³/mol. The summed E-state index contributed by atoms with van der Waals surface area (Å²) in [6.45, 7) is 3.34. The van der Waals surface area contributed by atoms with E-state index in [0.717, 1.165) is 25.9 Å². The Morgan fingerprint density at radius 3 is 2.62 bits per heavy atom. The Balaban J connectivity index is 2.10. The van der Waals surface area contributed by atoms with Gasteiger partial charge in [-0.25, -0.2) is 0 Å². The molecule has 0 aromatic carbocycles. The average molecular weight is 189 g/mol. The summed E-state index contributed by atoms with van der Waals surface area (Å²) in [7, 11) is 1.64. The molecule has 0 saturated carbocycles. The molecule has 0 spiro atoms. The third-order valence-electron chi connectivity index (χ3n) is 2.34. The van der Waals surface area contributed by atoms with E-state index in [-0.39, 0.29) is 0 Å². The maximum atomic E-state index is 9.96. The van der Waals surface area contributed by atoms with Crippen molar-refractivity contribution in [2.75, 3.05) is 40.0 Å². The topological polar surface area (TPSA) is 50.7 Å². The lowest BCUT2D eigenvalue weighted by molar-refractivity contribution is -0.0710. The van der Waals surface area contributed by atoms with Crippen molar-refractivity contribution in [2.45, 2.75) is 18.4 Å². The minimum atomic E-state index is -0.612. The summed E-state index contributed by atoms with van der Waals surface area (Å²) in [6.07, 6.45) is 1.56. The zero-order chi connectivity index (χ0) is 9.57. The lowest BCUT2D eigenvalue weighted by Crippen LogP contribution is -2.45. The van der Waals surface area contributed by atoms with Gasteiger partial charge in [-0.1, -0.05) is 0 Å². The monoisotopic (exact) mass is 189 g/mol. The fourth-order valence-corrected chi connectivity index (χ4v) is 1.44. The molecule has 0 aliphatic carbocycles. The summed E-state index contributed by atoms with van der Waals surface area (Å²) in [6, 6.07) is 0. The fourth-order valence-electron chi connectivity index (χ4n) is 1.44. The van der Waals surface area contributed by atoms with Gasteiger partial charge in [0.2, 0.25) is 0 Å². The second-order valence-electron chi connectivity index (χ2n) is 3.52. The molecular formula is C9H19NO3. The first kappa shape index (κ1) is 10.9. The molecule has 1 fully saturated rings. The molecule has 13 heavy (non-hydrogen) atoms. The molecule has 0 aromatic heterocycles. The van der Waals surface area contributed by atoms with Crippen LogP contribution in [0.5, 0.6) is 0 Å². The van der Waals surface area contributed by atoms with Crippen LogP contribution in [0.15, 0.2) is 0 Å². The molecule has 1 heterocycles. The Morgan fingerprint density at radius 1 is 1.31 bits per heavy atom. The van der Waals surface area contributed by atoms with Gasteiger partial charge in [-0.2, -0.15) is 0 Å². The molecule has 0 radical (unpaired) electrons. The van der Waals surface area contributed by atoms with Gasteiger partial charge in [0.15, 0.2) is 0 Å². The van der Waals surface area contributed by atoms with Gasteiger partial charge in [-0.3, -0.25) is 0 Å². The Kier molecular flexibility index (Phi) is 4.66. The van der Waals surface area contributed by atoms with Crippen LogP contribution in [0.4, 0.5) is 0 Å². The summed E-state index contributed by atoms with van der Waals surface area (Å²) in [5.74, 6) is 0. The van der Waals surface area contributed by atoms with Gasteiger partial charge in [0.25, 0.3) is 0 Å². The molecule has 4 heteroatoms. The largest absolute Gasteiger partial charge is 0.387 e. The second kappa shape index (κ2) is 5.54. The summed E-state index contributed by atoms with van der Waals surface area (Å²) >= 11 is 0. The third kappa shape index (κ3) is 4.04. The number of nitrogens with one attached hydrogen (secondary N) is 1. The molecule has 1 saturated heterocycles. The van der Waals surface area contributed by atoms with Gasteiger partial charge in [0.05, 0.1) is 25.4 Å². The normalized spacial score (nSPS) is 21.7. The lowest BCUT2D eigenvalue weighted by Gasteiger charge is -2.32. The SMILES string of the molecule is COCCOCC1(O)CCNCC1. The maximum absolute atomic E-state index is 9.96. The van der Waals surface area contributed by atoms with Gasteiger partial charge in [-0.05, 0) is 25.9 Å². The van der Waals surface area contributed by atoms with Crippen molar-refractivity contribution in [2.24, 2.45) is 0 Å². The van der Waals surface area contributed by atoms with Crippen molar-refractivity contribution < 1.29 is 14.6 Å². The van der Waals surface area contributed by atoms with E-state index in [1.54, 1.807) is 7.11 Å². The molecule has 0 unspecified atom stereocenters.